The molecule has 1 heterocycles. The van der Waals surface area contributed by atoms with E-state index in [0.29, 0.717) is 6.54 Å². The monoisotopic (exact) mass is 151 g/mol. The number of rotatable bonds is 4. The fourth-order valence-electron chi connectivity index (χ4n) is 0.854. The van der Waals surface area contributed by atoms with Crippen molar-refractivity contribution in [3.8, 4) is 0 Å². The van der Waals surface area contributed by atoms with Gasteiger partial charge in [-0.05, 0) is 12.5 Å². The zero-order valence-electron chi connectivity index (χ0n) is 6.48. The first-order chi connectivity index (χ1) is 5.43. The molecule has 1 rings (SSSR count). The molecule has 1 aromatic rings. The van der Waals surface area contributed by atoms with Gasteiger partial charge in [0, 0.05) is 25.5 Å². The Kier molecular flexibility index (Phi) is 3.41. The molecule has 0 saturated heterocycles. The molecule has 3 nitrogen and oxygen atoms in total. The Labute approximate surface area is 66.5 Å². The smallest absolute Gasteiger partial charge is 0.0489 e. The number of hydrogen-bond acceptors (Lipinski definition) is 2. The predicted octanol–water partition coefficient (Wildman–Crippen LogP) is 0.788. The van der Waals surface area contributed by atoms with Gasteiger partial charge in [0.2, 0.25) is 0 Å². The van der Waals surface area contributed by atoms with Crippen molar-refractivity contribution in [2.45, 2.75) is 13.0 Å². The number of hydrogen-bond donors (Lipinski definition) is 1. The van der Waals surface area contributed by atoms with Crippen LogP contribution in [-0.2, 0) is 6.54 Å². The number of aryl methyl sites for hydroxylation is 1. The van der Waals surface area contributed by atoms with E-state index in [1.807, 2.05) is 23.0 Å². The zero-order valence-corrected chi connectivity index (χ0v) is 6.48. The first-order valence-corrected chi connectivity index (χ1v) is 3.76. The molecular weight excluding hydrogens is 138 g/mol. The van der Waals surface area contributed by atoms with Gasteiger partial charge in [0.05, 0.1) is 0 Å². The van der Waals surface area contributed by atoms with E-state index in [4.69, 9.17) is 5.73 Å². The van der Waals surface area contributed by atoms with Crippen LogP contribution >= 0.6 is 0 Å². The van der Waals surface area contributed by atoms with Crippen LogP contribution in [0.25, 0.3) is 0 Å². The Bertz CT molecular complexity index is 201. The maximum atomic E-state index is 5.28. The summed E-state index contributed by atoms with van der Waals surface area (Å²) in [5.74, 6) is 0. The van der Waals surface area contributed by atoms with E-state index in [0.717, 1.165) is 13.0 Å². The topological polar surface area (TPSA) is 43.8 Å². The number of allylic oxidation sites excluding steroid dienone is 1. The molecule has 0 amide bonds. The summed E-state index contributed by atoms with van der Waals surface area (Å²) < 4.78 is 1.90. The van der Waals surface area contributed by atoms with E-state index >= 15 is 0 Å². The second kappa shape index (κ2) is 4.68. The van der Waals surface area contributed by atoms with Gasteiger partial charge in [-0.15, -0.1) is 0 Å². The highest BCUT2D eigenvalue weighted by Crippen LogP contribution is 1.89. The van der Waals surface area contributed by atoms with Crippen molar-refractivity contribution in [2.24, 2.45) is 5.73 Å². The number of nitrogens with zero attached hydrogens (tertiary/aromatic N) is 2. The molecule has 11 heavy (non-hydrogen) atoms. The molecular formula is C8H13N3. The average Bonchev–Trinajstić information content (AvgIpc) is 2.50. The van der Waals surface area contributed by atoms with E-state index in [-0.39, 0.29) is 0 Å². The molecule has 3 heteroatoms. The van der Waals surface area contributed by atoms with Gasteiger partial charge in [-0.3, -0.25) is 4.68 Å². The van der Waals surface area contributed by atoms with Crippen molar-refractivity contribution in [3.63, 3.8) is 0 Å². The van der Waals surface area contributed by atoms with E-state index in [1.54, 1.807) is 6.20 Å². The van der Waals surface area contributed by atoms with Crippen LogP contribution in [-0.4, -0.2) is 16.3 Å². The van der Waals surface area contributed by atoms with Gasteiger partial charge in [0.1, 0.15) is 0 Å². The highest BCUT2D eigenvalue weighted by atomic mass is 15.3. The van der Waals surface area contributed by atoms with Crippen LogP contribution in [0, 0.1) is 0 Å². The predicted molar refractivity (Wildman–Crippen MR) is 45.0 cm³/mol. The van der Waals surface area contributed by atoms with Gasteiger partial charge < -0.3 is 5.73 Å². The lowest BCUT2D eigenvalue weighted by Crippen LogP contribution is -1.97. The first kappa shape index (κ1) is 8.01. The van der Waals surface area contributed by atoms with Crippen LogP contribution in [0.4, 0.5) is 0 Å². The molecule has 0 aliphatic carbocycles. The minimum absolute atomic E-state index is 0.624. The van der Waals surface area contributed by atoms with E-state index in [2.05, 4.69) is 11.2 Å². The van der Waals surface area contributed by atoms with Crippen LogP contribution in [0.5, 0.6) is 0 Å². The van der Waals surface area contributed by atoms with Crippen molar-refractivity contribution >= 4 is 0 Å². The molecule has 0 unspecified atom stereocenters. The molecule has 0 atom stereocenters. The maximum Gasteiger partial charge on any atom is 0.0489 e. The lowest BCUT2D eigenvalue weighted by molar-refractivity contribution is 0.623. The summed E-state index contributed by atoms with van der Waals surface area (Å²) in [6.07, 6.45) is 8.77. The van der Waals surface area contributed by atoms with Crippen LogP contribution in [0.2, 0.25) is 0 Å². The third-order valence-electron chi connectivity index (χ3n) is 1.39. The van der Waals surface area contributed by atoms with E-state index < -0.39 is 0 Å². The number of nitrogens with two attached hydrogens (primary N) is 1. The Balaban J connectivity index is 2.19. The minimum atomic E-state index is 0.624. The van der Waals surface area contributed by atoms with E-state index in [1.165, 1.54) is 0 Å². The molecule has 0 radical (unpaired) electrons. The fourth-order valence-corrected chi connectivity index (χ4v) is 0.854. The summed E-state index contributed by atoms with van der Waals surface area (Å²) in [6.45, 7) is 1.56. The molecule has 60 valence electrons. The standard InChI is InChI=1S/C8H13N3/c9-5-2-1-3-7-11-8-4-6-10-11/h1-2,4,6,8H,3,5,7,9H2/b2-1+. The van der Waals surface area contributed by atoms with Gasteiger partial charge in [-0.1, -0.05) is 12.2 Å². The number of aromatic nitrogens is 2. The van der Waals surface area contributed by atoms with Crippen molar-refractivity contribution in [3.05, 3.63) is 30.6 Å². The molecule has 0 spiro atoms. The Hall–Kier alpha value is -1.09. The highest BCUT2D eigenvalue weighted by molar-refractivity contribution is 4.83. The molecule has 0 bridgehead atoms. The Morgan fingerprint density at radius 3 is 3.00 bits per heavy atom. The van der Waals surface area contributed by atoms with Crippen LogP contribution in [0.3, 0.4) is 0 Å². The summed E-state index contributed by atoms with van der Waals surface area (Å²) in [4.78, 5) is 0. The molecule has 0 aromatic carbocycles. The first-order valence-electron chi connectivity index (χ1n) is 3.76. The lowest BCUT2D eigenvalue weighted by Gasteiger charge is -1.95. The molecule has 0 aliphatic heterocycles. The molecule has 0 saturated carbocycles. The van der Waals surface area contributed by atoms with Crippen LogP contribution in [0.15, 0.2) is 30.6 Å². The van der Waals surface area contributed by atoms with Gasteiger partial charge >= 0.3 is 0 Å². The quantitative estimate of drug-likeness (QED) is 0.646. The van der Waals surface area contributed by atoms with Crippen LogP contribution < -0.4 is 5.73 Å². The van der Waals surface area contributed by atoms with Gasteiger partial charge in [0.15, 0.2) is 0 Å². The average molecular weight is 151 g/mol. The Morgan fingerprint density at radius 1 is 1.45 bits per heavy atom. The van der Waals surface area contributed by atoms with Crippen molar-refractivity contribution < 1.29 is 0 Å². The molecule has 2 N–H and O–H groups in total. The van der Waals surface area contributed by atoms with Crippen molar-refractivity contribution in [1.29, 1.82) is 0 Å². The lowest BCUT2D eigenvalue weighted by atomic mass is 10.4. The normalized spacial score (nSPS) is 11.0. The fraction of sp³-hybridized carbons (Fsp3) is 0.375. The summed E-state index contributed by atoms with van der Waals surface area (Å²) in [7, 11) is 0. The summed E-state index contributed by atoms with van der Waals surface area (Å²) >= 11 is 0. The zero-order chi connectivity index (χ0) is 7.94. The van der Waals surface area contributed by atoms with Crippen molar-refractivity contribution in [2.75, 3.05) is 6.54 Å². The third-order valence-corrected chi connectivity index (χ3v) is 1.39. The molecule has 0 fully saturated rings. The molecule has 1 aromatic heterocycles. The highest BCUT2D eigenvalue weighted by Gasteiger charge is 1.85. The van der Waals surface area contributed by atoms with Gasteiger partial charge in [-0.2, -0.15) is 5.10 Å². The third kappa shape index (κ3) is 3.00. The summed E-state index contributed by atoms with van der Waals surface area (Å²) in [5.41, 5.74) is 5.28. The minimum Gasteiger partial charge on any atom is -0.327 e. The summed E-state index contributed by atoms with van der Waals surface area (Å²) in [6, 6.07) is 1.92. The SMILES string of the molecule is NC/C=C/CCn1cccn1. The van der Waals surface area contributed by atoms with Crippen molar-refractivity contribution in [1.82, 2.24) is 9.78 Å². The van der Waals surface area contributed by atoms with Gasteiger partial charge in [-0.25, -0.2) is 0 Å². The Morgan fingerprint density at radius 2 is 2.36 bits per heavy atom. The second-order valence-electron chi connectivity index (χ2n) is 2.26. The maximum absolute atomic E-state index is 5.28. The molecule has 0 aliphatic rings. The largest absolute Gasteiger partial charge is 0.327 e. The summed E-state index contributed by atoms with van der Waals surface area (Å²) in [5, 5.41) is 4.07. The van der Waals surface area contributed by atoms with Crippen LogP contribution in [0.1, 0.15) is 6.42 Å². The second-order valence-corrected chi connectivity index (χ2v) is 2.26. The van der Waals surface area contributed by atoms with E-state index in [9.17, 15) is 0 Å². The van der Waals surface area contributed by atoms with Gasteiger partial charge in [0.25, 0.3) is 0 Å².